The molecule has 0 unspecified atom stereocenters. The molecule has 3 nitrogen and oxygen atoms in total. The summed E-state index contributed by atoms with van der Waals surface area (Å²) in [7, 11) is 0. The monoisotopic (exact) mass is 317 g/mol. The molecule has 1 aromatic carbocycles. The summed E-state index contributed by atoms with van der Waals surface area (Å²) in [6, 6.07) is 3.70. The number of benzene rings is 1. The number of hydrogen-bond acceptors (Lipinski definition) is 2. The van der Waals surface area contributed by atoms with Gasteiger partial charge < -0.3 is 9.88 Å². The summed E-state index contributed by atoms with van der Waals surface area (Å²) in [6.45, 7) is 3.08. The number of anilines is 1. The van der Waals surface area contributed by atoms with Gasteiger partial charge in [-0.2, -0.15) is 13.2 Å². The molecule has 0 radical (unpaired) electrons. The molecule has 0 aliphatic rings. The van der Waals surface area contributed by atoms with Crippen LogP contribution in [0.3, 0.4) is 0 Å². The largest absolute Gasteiger partial charge is 0.418 e. The van der Waals surface area contributed by atoms with Crippen LogP contribution in [0.4, 0.5) is 18.9 Å². The predicted molar refractivity (Wildman–Crippen MR) is 76.3 cm³/mol. The summed E-state index contributed by atoms with van der Waals surface area (Å²) in [4.78, 5) is 4.02. The molecule has 2 rings (SSSR count). The summed E-state index contributed by atoms with van der Waals surface area (Å²) >= 11 is 5.65. The van der Waals surface area contributed by atoms with Crippen LogP contribution >= 0.6 is 11.6 Å². The predicted octanol–water partition coefficient (Wildman–Crippen LogP) is 4.58. The minimum Gasteiger partial charge on any atom is -0.379 e. The molecule has 7 heteroatoms. The Balaban J connectivity index is 2.18. The molecule has 0 atom stereocenters. The van der Waals surface area contributed by atoms with Crippen LogP contribution < -0.4 is 5.32 Å². The van der Waals surface area contributed by atoms with Crippen LogP contribution in [0, 0.1) is 0 Å². The van der Waals surface area contributed by atoms with E-state index in [1.807, 2.05) is 11.5 Å². The maximum Gasteiger partial charge on any atom is 0.418 e. The van der Waals surface area contributed by atoms with Gasteiger partial charge in [0.05, 0.1) is 24.1 Å². The van der Waals surface area contributed by atoms with Crippen molar-refractivity contribution in [1.29, 1.82) is 0 Å². The van der Waals surface area contributed by atoms with E-state index in [2.05, 4.69) is 10.3 Å². The standard InChI is InChI=1S/C14H15ClF3N3/c1-2-5-21-9-19-7-11(21)8-20-13-4-3-10(15)6-12(13)14(16,17)18/h3-4,6-7,9,20H,2,5,8H2,1H3. The zero-order chi connectivity index (χ0) is 15.5. The Morgan fingerprint density at radius 1 is 1.33 bits per heavy atom. The SMILES string of the molecule is CCCn1cncc1CNc1ccc(Cl)cc1C(F)(F)F. The molecule has 1 N–H and O–H groups in total. The Hall–Kier alpha value is -1.69. The Labute approximate surface area is 125 Å². The van der Waals surface area contributed by atoms with Gasteiger partial charge in [0.1, 0.15) is 0 Å². The van der Waals surface area contributed by atoms with Gasteiger partial charge in [0.15, 0.2) is 0 Å². The third-order valence-corrected chi connectivity index (χ3v) is 3.25. The highest BCUT2D eigenvalue weighted by atomic mass is 35.5. The lowest BCUT2D eigenvalue weighted by molar-refractivity contribution is -0.136. The summed E-state index contributed by atoms with van der Waals surface area (Å²) in [5.41, 5.74) is 0.0765. The van der Waals surface area contributed by atoms with Crippen molar-refractivity contribution in [3.63, 3.8) is 0 Å². The number of aryl methyl sites for hydroxylation is 1. The molecule has 0 fully saturated rings. The first-order valence-corrected chi connectivity index (χ1v) is 6.89. The Kier molecular flexibility index (Phi) is 4.77. The average molecular weight is 318 g/mol. The molecule has 0 saturated carbocycles. The van der Waals surface area contributed by atoms with Gasteiger partial charge in [0.2, 0.25) is 0 Å². The smallest absolute Gasteiger partial charge is 0.379 e. The lowest BCUT2D eigenvalue weighted by atomic mass is 10.1. The van der Waals surface area contributed by atoms with Crippen molar-refractivity contribution in [1.82, 2.24) is 9.55 Å². The third kappa shape index (κ3) is 3.91. The minimum absolute atomic E-state index is 0.0103. The van der Waals surface area contributed by atoms with E-state index in [9.17, 15) is 13.2 Å². The second-order valence-electron chi connectivity index (χ2n) is 4.62. The number of halogens is 4. The minimum atomic E-state index is -4.45. The van der Waals surface area contributed by atoms with Crippen molar-refractivity contribution in [2.24, 2.45) is 0 Å². The molecule has 21 heavy (non-hydrogen) atoms. The molecule has 0 amide bonds. The van der Waals surface area contributed by atoms with Crippen LogP contribution in [-0.4, -0.2) is 9.55 Å². The van der Waals surface area contributed by atoms with E-state index in [1.54, 1.807) is 12.5 Å². The van der Waals surface area contributed by atoms with Crippen molar-refractivity contribution >= 4 is 17.3 Å². The van der Waals surface area contributed by atoms with Crippen molar-refractivity contribution in [2.45, 2.75) is 32.6 Å². The van der Waals surface area contributed by atoms with Gasteiger partial charge in [-0.3, -0.25) is 0 Å². The molecule has 2 aromatic rings. The van der Waals surface area contributed by atoms with Gasteiger partial charge in [-0.25, -0.2) is 4.98 Å². The van der Waals surface area contributed by atoms with Gasteiger partial charge in [0, 0.05) is 23.5 Å². The highest BCUT2D eigenvalue weighted by Crippen LogP contribution is 2.36. The van der Waals surface area contributed by atoms with Crippen molar-refractivity contribution in [3.05, 3.63) is 47.0 Å². The second kappa shape index (κ2) is 6.39. The summed E-state index contributed by atoms with van der Waals surface area (Å²) in [6.07, 6.45) is -0.201. The molecule has 0 bridgehead atoms. The van der Waals surface area contributed by atoms with E-state index in [0.717, 1.165) is 24.7 Å². The second-order valence-corrected chi connectivity index (χ2v) is 5.06. The summed E-state index contributed by atoms with van der Waals surface area (Å²) < 4.78 is 40.8. The molecule has 114 valence electrons. The molecular formula is C14H15ClF3N3. The van der Waals surface area contributed by atoms with E-state index in [0.29, 0.717) is 0 Å². The Morgan fingerprint density at radius 3 is 2.76 bits per heavy atom. The summed E-state index contributed by atoms with van der Waals surface area (Å²) in [5.74, 6) is 0. The number of nitrogens with zero attached hydrogens (tertiary/aromatic N) is 2. The van der Waals surface area contributed by atoms with Crippen LogP contribution in [-0.2, 0) is 19.3 Å². The summed E-state index contributed by atoms with van der Waals surface area (Å²) in [5, 5.41) is 2.87. The number of imidazole rings is 1. The van der Waals surface area contributed by atoms with Crippen LogP contribution in [0.15, 0.2) is 30.7 Å². The molecule has 1 aromatic heterocycles. The van der Waals surface area contributed by atoms with E-state index in [1.165, 1.54) is 12.1 Å². The molecular weight excluding hydrogens is 303 g/mol. The van der Waals surface area contributed by atoms with E-state index in [-0.39, 0.29) is 17.3 Å². The van der Waals surface area contributed by atoms with Crippen LogP contribution in [0.5, 0.6) is 0 Å². The fraction of sp³-hybridized carbons (Fsp3) is 0.357. The highest BCUT2D eigenvalue weighted by molar-refractivity contribution is 6.30. The lowest BCUT2D eigenvalue weighted by Gasteiger charge is -2.15. The van der Waals surface area contributed by atoms with Gasteiger partial charge in [-0.1, -0.05) is 18.5 Å². The number of nitrogens with one attached hydrogen (secondary N) is 1. The van der Waals surface area contributed by atoms with Crippen LogP contribution in [0.1, 0.15) is 24.6 Å². The maximum absolute atomic E-state index is 13.0. The van der Waals surface area contributed by atoms with E-state index < -0.39 is 11.7 Å². The van der Waals surface area contributed by atoms with Gasteiger partial charge in [-0.15, -0.1) is 0 Å². The van der Waals surface area contributed by atoms with E-state index in [4.69, 9.17) is 11.6 Å². The first-order chi connectivity index (χ1) is 9.91. The number of hydrogen-bond donors (Lipinski definition) is 1. The highest BCUT2D eigenvalue weighted by Gasteiger charge is 2.33. The fourth-order valence-electron chi connectivity index (χ4n) is 2.03. The Morgan fingerprint density at radius 2 is 2.10 bits per heavy atom. The molecule has 0 aliphatic heterocycles. The molecule has 0 saturated heterocycles. The zero-order valence-corrected chi connectivity index (χ0v) is 12.2. The quantitative estimate of drug-likeness (QED) is 0.875. The van der Waals surface area contributed by atoms with Gasteiger partial charge in [0.25, 0.3) is 0 Å². The van der Waals surface area contributed by atoms with Crippen molar-refractivity contribution in [3.8, 4) is 0 Å². The average Bonchev–Trinajstić information content (AvgIpc) is 2.84. The molecule has 0 spiro atoms. The topological polar surface area (TPSA) is 29.9 Å². The van der Waals surface area contributed by atoms with Crippen LogP contribution in [0.25, 0.3) is 0 Å². The fourth-order valence-corrected chi connectivity index (χ4v) is 2.20. The first kappa shape index (κ1) is 15.7. The number of alkyl halides is 3. The third-order valence-electron chi connectivity index (χ3n) is 3.01. The molecule has 0 aliphatic carbocycles. The van der Waals surface area contributed by atoms with Crippen LogP contribution in [0.2, 0.25) is 5.02 Å². The van der Waals surface area contributed by atoms with Crippen molar-refractivity contribution in [2.75, 3.05) is 5.32 Å². The van der Waals surface area contributed by atoms with E-state index >= 15 is 0 Å². The van der Waals surface area contributed by atoms with Crippen molar-refractivity contribution < 1.29 is 13.2 Å². The molecule has 1 heterocycles. The number of rotatable bonds is 5. The maximum atomic E-state index is 13.0. The lowest BCUT2D eigenvalue weighted by Crippen LogP contribution is -2.12. The van der Waals surface area contributed by atoms with Gasteiger partial charge in [-0.05, 0) is 24.6 Å². The van der Waals surface area contributed by atoms with Gasteiger partial charge >= 0.3 is 6.18 Å². The Bertz CT molecular complexity index is 608. The normalized spacial score (nSPS) is 11.7. The first-order valence-electron chi connectivity index (χ1n) is 6.51. The zero-order valence-electron chi connectivity index (χ0n) is 11.4. The number of aromatic nitrogens is 2.